The number of carbonyl (C=O) groups is 1. The topological polar surface area (TPSA) is 50.4 Å². The van der Waals surface area contributed by atoms with Crippen LogP contribution in [0.2, 0.25) is 0 Å². The summed E-state index contributed by atoms with van der Waals surface area (Å²) in [6.45, 7) is 4.36. The standard InChI is InChI=1S/C15H28N2O2/c1-12-8-9-16-10-14(12)19-11-15(18)17-13-6-4-2-3-5-7-13/h12-14,16H,2-11H2,1H3,(H,17,18). The molecular formula is C15H28N2O2. The van der Waals surface area contributed by atoms with Crippen LogP contribution in [0.15, 0.2) is 0 Å². The Kier molecular flexibility index (Phi) is 6.11. The lowest BCUT2D eigenvalue weighted by molar-refractivity contribution is -0.130. The zero-order chi connectivity index (χ0) is 13.5. The fraction of sp³-hybridized carbons (Fsp3) is 0.933. The average Bonchev–Trinajstić information content (AvgIpc) is 2.66. The number of amides is 1. The average molecular weight is 268 g/mol. The highest BCUT2D eigenvalue weighted by molar-refractivity contribution is 5.77. The van der Waals surface area contributed by atoms with Crippen LogP contribution in [0.4, 0.5) is 0 Å². The molecule has 0 aromatic heterocycles. The molecule has 2 rings (SSSR count). The Hall–Kier alpha value is -0.610. The van der Waals surface area contributed by atoms with Crippen LogP contribution in [0, 0.1) is 5.92 Å². The van der Waals surface area contributed by atoms with Gasteiger partial charge < -0.3 is 15.4 Å². The molecule has 1 saturated carbocycles. The maximum atomic E-state index is 11.9. The van der Waals surface area contributed by atoms with Crippen molar-refractivity contribution in [3.8, 4) is 0 Å². The van der Waals surface area contributed by atoms with Crippen LogP contribution in [0.1, 0.15) is 51.9 Å². The van der Waals surface area contributed by atoms with Gasteiger partial charge in [-0.2, -0.15) is 0 Å². The molecule has 4 heteroatoms. The van der Waals surface area contributed by atoms with Crippen molar-refractivity contribution >= 4 is 5.91 Å². The first-order valence-corrected chi connectivity index (χ1v) is 7.87. The second-order valence-corrected chi connectivity index (χ2v) is 6.08. The first-order valence-electron chi connectivity index (χ1n) is 7.87. The predicted octanol–water partition coefficient (Wildman–Crippen LogP) is 1.84. The first-order chi connectivity index (χ1) is 9.25. The van der Waals surface area contributed by atoms with E-state index in [9.17, 15) is 4.79 Å². The lowest BCUT2D eigenvalue weighted by Crippen LogP contribution is -2.44. The number of nitrogens with one attached hydrogen (secondary N) is 2. The Morgan fingerprint density at radius 3 is 2.63 bits per heavy atom. The maximum Gasteiger partial charge on any atom is 0.246 e. The van der Waals surface area contributed by atoms with Crippen LogP contribution in [-0.4, -0.2) is 37.7 Å². The Bertz CT molecular complexity index is 275. The molecule has 2 unspecified atom stereocenters. The normalized spacial score (nSPS) is 29.7. The van der Waals surface area contributed by atoms with Crippen LogP contribution < -0.4 is 10.6 Å². The van der Waals surface area contributed by atoms with Gasteiger partial charge in [0, 0.05) is 12.6 Å². The fourth-order valence-electron chi connectivity index (χ4n) is 3.06. The van der Waals surface area contributed by atoms with Crippen molar-refractivity contribution in [1.82, 2.24) is 10.6 Å². The number of hydrogen-bond donors (Lipinski definition) is 2. The molecule has 2 aliphatic rings. The summed E-state index contributed by atoms with van der Waals surface area (Å²) in [4.78, 5) is 11.9. The van der Waals surface area contributed by atoms with Crippen molar-refractivity contribution in [3.05, 3.63) is 0 Å². The smallest absolute Gasteiger partial charge is 0.246 e. The van der Waals surface area contributed by atoms with Crippen LogP contribution >= 0.6 is 0 Å². The maximum absolute atomic E-state index is 11.9. The van der Waals surface area contributed by atoms with Crippen molar-refractivity contribution in [3.63, 3.8) is 0 Å². The van der Waals surface area contributed by atoms with E-state index in [1.165, 1.54) is 25.7 Å². The molecule has 0 bridgehead atoms. The highest BCUT2D eigenvalue weighted by Gasteiger charge is 2.23. The van der Waals surface area contributed by atoms with Gasteiger partial charge in [0.25, 0.3) is 0 Å². The van der Waals surface area contributed by atoms with Gasteiger partial charge in [-0.3, -0.25) is 4.79 Å². The lowest BCUT2D eigenvalue weighted by atomic mass is 9.97. The summed E-state index contributed by atoms with van der Waals surface area (Å²) >= 11 is 0. The van der Waals surface area contributed by atoms with E-state index in [0.29, 0.717) is 12.0 Å². The highest BCUT2D eigenvalue weighted by Crippen LogP contribution is 2.17. The van der Waals surface area contributed by atoms with Gasteiger partial charge in [0.05, 0.1) is 6.10 Å². The molecule has 0 aromatic carbocycles. The summed E-state index contributed by atoms with van der Waals surface area (Å²) < 4.78 is 5.76. The number of carbonyl (C=O) groups excluding carboxylic acids is 1. The molecule has 0 aromatic rings. The third-order valence-corrected chi connectivity index (χ3v) is 4.41. The van der Waals surface area contributed by atoms with Gasteiger partial charge >= 0.3 is 0 Å². The van der Waals surface area contributed by atoms with Crippen LogP contribution in [0.25, 0.3) is 0 Å². The second-order valence-electron chi connectivity index (χ2n) is 6.08. The molecule has 2 fully saturated rings. The quantitative estimate of drug-likeness (QED) is 0.765. The van der Waals surface area contributed by atoms with E-state index in [-0.39, 0.29) is 18.6 Å². The van der Waals surface area contributed by atoms with E-state index >= 15 is 0 Å². The molecule has 0 spiro atoms. The Balaban J connectivity index is 1.65. The van der Waals surface area contributed by atoms with Gasteiger partial charge in [-0.05, 0) is 31.7 Å². The van der Waals surface area contributed by atoms with Gasteiger partial charge in [-0.25, -0.2) is 0 Å². The Labute approximate surface area is 116 Å². The molecule has 1 aliphatic heterocycles. The summed E-state index contributed by atoms with van der Waals surface area (Å²) in [6, 6.07) is 0.375. The second kappa shape index (κ2) is 7.85. The number of rotatable bonds is 4. The first kappa shape index (κ1) is 14.8. The summed E-state index contributed by atoms with van der Waals surface area (Å²) in [7, 11) is 0. The van der Waals surface area contributed by atoms with Crippen molar-refractivity contribution in [1.29, 1.82) is 0 Å². The summed E-state index contributed by atoms with van der Waals surface area (Å²) in [5.74, 6) is 0.608. The van der Waals surface area contributed by atoms with Gasteiger partial charge in [-0.1, -0.05) is 32.6 Å². The summed E-state index contributed by atoms with van der Waals surface area (Å²) in [5, 5.41) is 6.45. The lowest BCUT2D eigenvalue weighted by Gasteiger charge is -2.29. The fourth-order valence-corrected chi connectivity index (χ4v) is 3.06. The Morgan fingerprint density at radius 2 is 1.95 bits per heavy atom. The zero-order valence-electron chi connectivity index (χ0n) is 12.1. The summed E-state index contributed by atoms with van der Waals surface area (Å²) in [6.07, 6.45) is 8.70. The van der Waals surface area contributed by atoms with E-state index in [2.05, 4.69) is 17.6 Å². The van der Waals surface area contributed by atoms with Crippen LogP contribution in [0.3, 0.4) is 0 Å². The molecule has 4 nitrogen and oxygen atoms in total. The highest BCUT2D eigenvalue weighted by atomic mass is 16.5. The molecule has 1 aliphatic carbocycles. The van der Waals surface area contributed by atoms with Gasteiger partial charge in [-0.15, -0.1) is 0 Å². The van der Waals surface area contributed by atoms with Crippen molar-refractivity contribution in [2.45, 2.75) is 64.0 Å². The molecular weight excluding hydrogens is 240 g/mol. The van der Waals surface area contributed by atoms with Crippen LogP contribution in [0.5, 0.6) is 0 Å². The van der Waals surface area contributed by atoms with E-state index in [1.807, 2.05) is 0 Å². The Morgan fingerprint density at radius 1 is 1.21 bits per heavy atom. The molecule has 19 heavy (non-hydrogen) atoms. The van der Waals surface area contributed by atoms with Gasteiger partial charge in [0.2, 0.25) is 5.91 Å². The van der Waals surface area contributed by atoms with E-state index in [0.717, 1.165) is 32.4 Å². The predicted molar refractivity (Wildman–Crippen MR) is 76.0 cm³/mol. The zero-order valence-corrected chi connectivity index (χ0v) is 12.1. The molecule has 2 atom stereocenters. The molecule has 0 radical (unpaired) electrons. The van der Waals surface area contributed by atoms with Gasteiger partial charge in [0.1, 0.15) is 6.61 Å². The monoisotopic (exact) mass is 268 g/mol. The van der Waals surface area contributed by atoms with Crippen molar-refractivity contribution in [2.75, 3.05) is 19.7 Å². The summed E-state index contributed by atoms with van der Waals surface area (Å²) in [5.41, 5.74) is 0. The molecule has 1 heterocycles. The van der Waals surface area contributed by atoms with Crippen molar-refractivity contribution < 1.29 is 9.53 Å². The largest absolute Gasteiger partial charge is 0.367 e. The minimum atomic E-state index is 0.0599. The minimum absolute atomic E-state index is 0.0599. The SMILES string of the molecule is CC1CCNCC1OCC(=O)NC1CCCCCC1. The molecule has 110 valence electrons. The number of hydrogen-bond acceptors (Lipinski definition) is 3. The van der Waals surface area contributed by atoms with Crippen LogP contribution in [-0.2, 0) is 9.53 Å². The van der Waals surface area contributed by atoms with Crippen molar-refractivity contribution in [2.24, 2.45) is 5.92 Å². The minimum Gasteiger partial charge on any atom is -0.367 e. The number of piperidine rings is 1. The molecule has 2 N–H and O–H groups in total. The van der Waals surface area contributed by atoms with E-state index in [4.69, 9.17) is 4.74 Å². The molecule has 1 amide bonds. The third kappa shape index (κ3) is 5.11. The third-order valence-electron chi connectivity index (χ3n) is 4.41. The number of ether oxygens (including phenoxy) is 1. The van der Waals surface area contributed by atoms with E-state index in [1.54, 1.807) is 0 Å². The van der Waals surface area contributed by atoms with Gasteiger partial charge in [0.15, 0.2) is 0 Å². The molecule has 1 saturated heterocycles. The van der Waals surface area contributed by atoms with E-state index < -0.39 is 0 Å².